The first-order chi connectivity index (χ1) is 9.66. The van der Waals surface area contributed by atoms with Crippen LogP contribution in [0.15, 0.2) is 17.0 Å². The van der Waals surface area contributed by atoms with Gasteiger partial charge in [0.2, 0.25) is 0 Å². The van der Waals surface area contributed by atoms with Crippen molar-refractivity contribution in [3.63, 3.8) is 0 Å². The lowest BCUT2D eigenvalue weighted by Crippen LogP contribution is -2.20. The summed E-state index contributed by atoms with van der Waals surface area (Å²) in [5.41, 5.74) is 0.488. The summed E-state index contributed by atoms with van der Waals surface area (Å²) in [5, 5.41) is -0.0103. The van der Waals surface area contributed by atoms with E-state index in [4.69, 9.17) is 31.8 Å². The molecular formula is C13H16Cl2O5S. The third-order valence-electron chi connectivity index (χ3n) is 2.58. The zero-order valence-corrected chi connectivity index (χ0v) is 14.2. The van der Waals surface area contributed by atoms with Crippen molar-refractivity contribution >= 4 is 37.3 Å². The van der Waals surface area contributed by atoms with Crippen LogP contribution in [0.5, 0.6) is 0 Å². The largest absolute Gasteiger partial charge is 0.457 e. The van der Waals surface area contributed by atoms with Gasteiger partial charge in [0.15, 0.2) is 0 Å². The maximum atomic E-state index is 12.0. The molecule has 0 fully saturated rings. The third-order valence-corrected chi connectivity index (χ3v) is 4.54. The van der Waals surface area contributed by atoms with Crippen LogP contribution in [0.4, 0.5) is 0 Å². The first-order valence-corrected chi connectivity index (χ1v) is 8.89. The normalized spacial score (nSPS) is 13.0. The molecule has 0 heterocycles. The lowest BCUT2D eigenvalue weighted by Gasteiger charge is -2.14. The number of hydrogen-bond donors (Lipinski definition) is 0. The Balaban J connectivity index is 3.04. The smallest absolute Gasteiger partial charge is 0.338 e. The Morgan fingerprint density at radius 1 is 1.38 bits per heavy atom. The number of rotatable bonds is 6. The molecule has 0 saturated carbocycles. The second-order valence-corrected chi connectivity index (χ2v) is 7.33. The van der Waals surface area contributed by atoms with Crippen molar-refractivity contribution in [3.8, 4) is 0 Å². The van der Waals surface area contributed by atoms with Crippen LogP contribution in [0, 0.1) is 6.92 Å². The topological polar surface area (TPSA) is 69.7 Å². The van der Waals surface area contributed by atoms with Gasteiger partial charge < -0.3 is 9.47 Å². The maximum absolute atomic E-state index is 12.0. The zero-order chi connectivity index (χ0) is 16.2. The molecule has 1 aromatic rings. The Morgan fingerprint density at radius 3 is 2.52 bits per heavy atom. The molecule has 1 rings (SSSR count). The summed E-state index contributed by atoms with van der Waals surface area (Å²) in [6.07, 6.45) is -0.454. The number of benzene rings is 1. The number of carbonyl (C=O) groups is 1. The standard InChI is InChI=1S/C13H16Cl2O5S/c1-4-19-7-9(3)20-13(16)10-5-8(2)12(14)11(6-10)21(15,17)18/h5-6,9H,4,7H2,1-3H3. The molecule has 1 unspecified atom stereocenters. The Kier molecular flexibility index (Phi) is 6.46. The molecular weight excluding hydrogens is 339 g/mol. The number of aryl methyl sites for hydroxylation is 1. The van der Waals surface area contributed by atoms with Crippen LogP contribution in [0.3, 0.4) is 0 Å². The quantitative estimate of drug-likeness (QED) is 0.579. The van der Waals surface area contributed by atoms with Crippen molar-refractivity contribution in [2.45, 2.75) is 31.8 Å². The summed E-state index contributed by atoms with van der Waals surface area (Å²) in [4.78, 5) is 11.7. The SMILES string of the molecule is CCOCC(C)OC(=O)c1cc(C)c(Cl)c(S(=O)(=O)Cl)c1. The third kappa shape index (κ3) is 5.14. The fourth-order valence-electron chi connectivity index (χ4n) is 1.60. The van der Waals surface area contributed by atoms with Gasteiger partial charge >= 0.3 is 5.97 Å². The van der Waals surface area contributed by atoms with Crippen molar-refractivity contribution in [1.29, 1.82) is 0 Å². The maximum Gasteiger partial charge on any atom is 0.338 e. The Hall–Kier alpha value is -0.820. The molecule has 1 aromatic carbocycles. The van der Waals surface area contributed by atoms with Gasteiger partial charge in [0.25, 0.3) is 9.05 Å². The lowest BCUT2D eigenvalue weighted by atomic mass is 10.1. The zero-order valence-electron chi connectivity index (χ0n) is 11.9. The molecule has 8 heteroatoms. The second-order valence-electron chi connectivity index (χ2n) is 4.42. The highest BCUT2D eigenvalue weighted by atomic mass is 35.7. The van der Waals surface area contributed by atoms with E-state index in [0.717, 1.165) is 6.07 Å². The van der Waals surface area contributed by atoms with Gasteiger partial charge in [-0.15, -0.1) is 0 Å². The molecule has 0 saturated heterocycles. The average Bonchev–Trinajstić information content (AvgIpc) is 2.37. The molecule has 1 atom stereocenters. The number of hydrogen-bond acceptors (Lipinski definition) is 5. The van der Waals surface area contributed by atoms with E-state index in [9.17, 15) is 13.2 Å². The minimum Gasteiger partial charge on any atom is -0.457 e. The van der Waals surface area contributed by atoms with E-state index < -0.39 is 21.1 Å². The first-order valence-electron chi connectivity index (χ1n) is 6.20. The number of esters is 1. The van der Waals surface area contributed by atoms with Gasteiger partial charge in [0, 0.05) is 17.3 Å². The monoisotopic (exact) mass is 354 g/mol. The Labute approximate surface area is 133 Å². The predicted molar refractivity (Wildman–Crippen MR) is 80.6 cm³/mol. The first kappa shape index (κ1) is 18.2. The van der Waals surface area contributed by atoms with Crippen molar-refractivity contribution in [1.82, 2.24) is 0 Å². The van der Waals surface area contributed by atoms with Crippen molar-refractivity contribution in [2.75, 3.05) is 13.2 Å². The number of carbonyl (C=O) groups excluding carboxylic acids is 1. The summed E-state index contributed by atoms with van der Waals surface area (Å²) in [6.45, 7) is 5.85. The van der Waals surface area contributed by atoms with Crippen LogP contribution in [0.25, 0.3) is 0 Å². The van der Waals surface area contributed by atoms with E-state index in [1.165, 1.54) is 6.07 Å². The van der Waals surface area contributed by atoms with Gasteiger partial charge in [-0.1, -0.05) is 11.6 Å². The van der Waals surface area contributed by atoms with Crippen LogP contribution in [0.1, 0.15) is 29.8 Å². The van der Waals surface area contributed by atoms with E-state index in [2.05, 4.69) is 0 Å². The number of ether oxygens (including phenoxy) is 2. The Morgan fingerprint density at radius 2 is 2.00 bits per heavy atom. The van der Waals surface area contributed by atoms with E-state index in [0.29, 0.717) is 12.2 Å². The van der Waals surface area contributed by atoms with Gasteiger partial charge in [-0.3, -0.25) is 0 Å². The summed E-state index contributed by atoms with van der Waals surface area (Å²) in [5.74, 6) is -0.663. The minimum atomic E-state index is -4.05. The van der Waals surface area contributed by atoms with Gasteiger partial charge in [0.1, 0.15) is 11.0 Å². The summed E-state index contributed by atoms with van der Waals surface area (Å²) < 4.78 is 33.2. The molecule has 0 aromatic heterocycles. The van der Waals surface area contributed by atoms with Crippen LogP contribution in [-0.4, -0.2) is 33.7 Å². The van der Waals surface area contributed by atoms with Gasteiger partial charge in [0.05, 0.1) is 17.2 Å². The molecule has 0 bridgehead atoms. The van der Waals surface area contributed by atoms with Crippen LogP contribution < -0.4 is 0 Å². The van der Waals surface area contributed by atoms with Crippen LogP contribution in [-0.2, 0) is 18.5 Å². The molecule has 0 amide bonds. The predicted octanol–water partition coefficient (Wildman–Crippen LogP) is 3.16. The van der Waals surface area contributed by atoms with Gasteiger partial charge in [-0.25, -0.2) is 13.2 Å². The van der Waals surface area contributed by atoms with E-state index in [1.807, 2.05) is 6.92 Å². The lowest BCUT2D eigenvalue weighted by molar-refractivity contribution is 0.00436. The average molecular weight is 355 g/mol. The molecule has 0 spiro atoms. The highest BCUT2D eigenvalue weighted by molar-refractivity contribution is 8.13. The highest BCUT2D eigenvalue weighted by Gasteiger charge is 2.21. The fourth-order valence-corrected chi connectivity index (χ4v) is 3.14. The van der Waals surface area contributed by atoms with Gasteiger partial charge in [-0.05, 0) is 38.5 Å². The van der Waals surface area contributed by atoms with E-state index in [1.54, 1.807) is 13.8 Å². The van der Waals surface area contributed by atoms with E-state index >= 15 is 0 Å². The van der Waals surface area contributed by atoms with Crippen molar-refractivity contribution in [2.24, 2.45) is 0 Å². The van der Waals surface area contributed by atoms with E-state index in [-0.39, 0.29) is 22.1 Å². The molecule has 0 aliphatic rings. The molecule has 0 N–H and O–H groups in total. The summed E-state index contributed by atoms with van der Waals surface area (Å²) >= 11 is 5.89. The van der Waals surface area contributed by atoms with Crippen molar-refractivity contribution in [3.05, 3.63) is 28.3 Å². The van der Waals surface area contributed by atoms with Crippen LogP contribution >= 0.6 is 22.3 Å². The Bertz CT molecular complexity index is 628. The van der Waals surface area contributed by atoms with Crippen LogP contribution in [0.2, 0.25) is 5.02 Å². The number of halogens is 2. The summed E-state index contributed by atoms with van der Waals surface area (Å²) in [7, 11) is 1.26. The molecule has 0 radical (unpaired) electrons. The summed E-state index contributed by atoms with van der Waals surface area (Å²) in [6, 6.07) is 2.55. The molecule has 21 heavy (non-hydrogen) atoms. The fraction of sp³-hybridized carbons (Fsp3) is 0.462. The highest BCUT2D eigenvalue weighted by Crippen LogP contribution is 2.29. The van der Waals surface area contributed by atoms with Gasteiger partial charge in [-0.2, -0.15) is 0 Å². The molecule has 0 aliphatic heterocycles. The molecule has 5 nitrogen and oxygen atoms in total. The molecule has 0 aliphatic carbocycles. The minimum absolute atomic E-state index is 0.0103. The second kappa shape index (κ2) is 7.45. The van der Waals surface area contributed by atoms with Crippen molar-refractivity contribution < 1.29 is 22.7 Å². The molecule has 118 valence electrons.